The Morgan fingerprint density at radius 1 is 1.42 bits per heavy atom. The summed E-state index contributed by atoms with van der Waals surface area (Å²) in [6.45, 7) is 0.577. The maximum absolute atomic E-state index is 4.96. The molecule has 4 nitrogen and oxygen atoms in total. The minimum Gasteiger partial charge on any atom is -0.481 e. The van der Waals surface area contributed by atoms with E-state index >= 15 is 0 Å². The van der Waals surface area contributed by atoms with Gasteiger partial charge >= 0.3 is 0 Å². The Morgan fingerprint density at radius 2 is 2.25 bits per heavy atom. The smallest absolute Gasteiger partial charge is 0.213 e. The van der Waals surface area contributed by atoms with Crippen LogP contribution in [0.2, 0.25) is 0 Å². The summed E-state index contributed by atoms with van der Waals surface area (Å²) in [5, 5.41) is 0. The van der Waals surface area contributed by atoms with Gasteiger partial charge in [0, 0.05) is 6.07 Å². The number of nitrogens with zero attached hydrogens (tertiary/aromatic N) is 1. The summed E-state index contributed by atoms with van der Waals surface area (Å²) in [6, 6.07) is 5.59. The molecule has 1 aromatic heterocycles. The lowest BCUT2D eigenvalue weighted by molar-refractivity contribution is 0.0857. The van der Waals surface area contributed by atoms with Crippen molar-refractivity contribution < 1.29 is 9.57 Å². The van der Waals surface area contributed by atoms with Gasteiger partial charge in [0.2, 0.25) is 5.88 Å². The van der Waals surface area contributed by atoms with Crippen molar-refractivity contribution in [2.75, 3.05) is 14.2 Å². The predicted octanol–water partition coefficient (Wildman–Crippen LogP) is 0.741. The third kappa shape index (κ3) is 2.48. The van der Waals surface area contributed by atoms with Crippen molar-refractivity contribution in [1.29, 1.82) is 0 Å². The lowest BCUT2D eigenvalue weighted by atomic mass is 10.3. The first-order valence-electron chi connectivity index (χ1n) is 3.62. The molecule has 0 atom stereocenters. The molecular weight excluding hydrogens is 156 g/mol. The number of methoxy groups -OCH3 is 1. The van der Waals surface area contributed by atoms with Gasteiger partial charge in [-0.1, -0.05) is 6.07 Å². The molecule has 0 bridgehead atoms. The Bertz CT molecular complexity index is 240. The first-order valence-corrected chi connectivity index (χ1v) is 3.62. The Balaban J connectivity index is 2.60. The van der Waals surface area contributed by atoms with E-state index in [1.165, 1.54) is 0 Å². The van der Waals surface area contributed by atoms with Crippen molar-refractivity contribution in [3.05, 3.63) is 23.9 Å². The van der Waals surface area contributed by atoms with Crippen molar-refractivity contribution in [1.82, 2.24) is 10.5 Å². The van der Waals surface area contributed by atoms with E-state index in [4.69, 9.17) is 4.74 Å². The molecule has 0 saturated heterocycles. The van der Waals surface area contributed by atoms with E-state index in [9.17, 15) is 0 Å². The molecule has 0 aliphatic heterocycles. The molecule has 0 aliphatic rings. The molecule has 1 aromatic rings. The van der Waals surface area contributed by atoms with Crippen molar-refractivity contribution in [3.8, 4) is 5.88 Å². The summed E-state index contributed by atoms with van der Waals surface area (Å²) in [7, 11) is 3.16. The van der Waals surface area contributed by atoms with Crippen molar-refractivity contribution in [3.63, 3.8) is 0 Å². The highest BCUT2D eigenvalue weighted by atomic mass is 16.6. The molecule has 0 fully saturated rings. The van der Waals surface area contributed by atoms with Gasteiger partial charge in [0.05, 0.1) is 26.5 Å². The van der Waals surface area contributed by atoms with E-state index in [0.29, 0.717) is 12.4 Å². The second-order valence-corrected chi connectivity index (χ2v) is 2.20. The van der Waals surface area contributed by atoms with Crippen LogP contribution in [0.1, 0.15) is 5.69 Å². The van der Waals surface area contributed by atoms with E-state index in [1.54, 1.807) is 20.3 Å². The molecule has 0 amide bonds. The number of hydrogen-bond acceptors (Lipinski definition) is 4. The average molecular weight is 168 g/mol. The lowest BCUT2D eigenvalue weighted by Crippen LogP contribution is -2.11. The van der Waals surface area contributed by atoms with Gasteiger partial charge in [-0.25, -0.2) is 4.98 Å². The quantitative estimate of drug-likeness (QED) is 0.673. The third-order valence-corrected chi connectivity index (χ3v) is 1.39. The van der Waals surface area contributed by atoms with Crippen LogP contribution in [-0.2, 0) is 11.4 Å². The van der Waals surface area contributed by atoms with Crippen LogP contribution in [0.4, 0.5) is 0 Å². The lowest BCUT2D eigenvalue weighted by Gasteiger charge is -2.02. The predicted molar refractivity (Wildman–Crippen MR) is 44.6 cm³/mol. The minimum absolute atomic E-state index is 0.577. The van der Waals surface area contributed by atoms with Crippen LogP contribution in [0.3, 0.4) is 0 Å². The van der Waals surface area contributed by atoms with Gasteiger partial charge in [0.15, 0.2) is 0 Å². The SMILES string of the molecule is CONCc1cccc(OC)n1. The van der Waals surface area contributed by atoms with Crippen LogP contribution in [0, 0.1) is 0 Å². The summed E-state index contributed by atoms with van der Waals surface area (Å²) in [4.78, 5) is 8.85. The van der Waals surface area contributed by atoms with Crippen LogP contribution in [0.25, 0.3) is 0 Å². The van der Waals surface area contributed by atoms with Crippen molar-refractivity contribution in [2.45, 2.75) is 6.54 Å². The second kappa shape index (κ2) is 4.69. The van der Waals surface area contributed by atoms with E-state index in [1.807, 2.05) is 12.1 Å². The fourth-order valence-corrected chi connectivity index (χ4v) is 0.816. The number of pyridine rings is 1. The van der Waals surface area contributed by atoms with E-state index in [-0.39, 0.29) is 0 Å². The van der Waals surface area contributed by atoms with Gasteiger partial charge in [-0.05, 0) is 6.07 Å². The van der Waals surface area contributed by atoms with Gasteiger partial charge < -0.3 is 9.57 Å². The zero-order chi connectivity index (χ0) is 8.81. The molecule has 0 spiro atoms. The Hall–Kier alpha value is -1.13. The van der Waals surface area contributed by atoms with E-state index in [2.05, 4.69) is 15.3 Å². The molecule has 0 radical (unpaired) electrons. The summed E-state index contributed by atoms with van der Waals surface area (Å²) < 4.78 is 4.96. The monoisotopic (exact) mass is 168 g/mol. The van der Waals surface area contributed by atoms with Crippen molar-refractivity contribution >= 4 is 0 Å². The largest absolute Gasteiger partial charge is 0.481 e. The van der Waals surface area contributed by atoms with Gasteiger partial charge in [0.25, 0.3) is 0 Å². The molecular formula is C8H12N2O2. The maximum atomic E-state index is 4.96. The molecule has 0 unspecified atom stereocenters. The molecule has 1 N–H and O–H groups in total. The van der Waals surface area contributed by atoms with Crippen LogP contribution >= 0.6 is 0 Å². The van der Waals surface area contributed by atoms with Gasteiger partial charge in [0.1, 0.15) is 0 Å². The first kappa shape index (κ1) is 8.96. The number of ether oxygens (including phenoxy) is 1. The number of rotatable bonds is 4. The standard InChI is InChI=1S/C8H12N2O2/c1-11-8-5-3-4-7(10-8)6-9-12-2/h3-5,9H,6H2,1-2H3. The van der Waals surface area contributed by atoms with E-state index < -0.39 is 0 Å². The first-order chi connectivity index (χ1) is 5.86. The Labute approximate surface area is 71.5 Å². The number of hydrogen-bond donors (Lipinski definition) is 1. The highest BCUT2D eigenvalue weighted by Gasteiger charge is 1.95. The fraction of sp³-hybridized carbons (Fsp3) is 0.375. The normalized spacial score (nSPS) is 9.83. The van der Waals surface area contributed by atoms with Gasteiger partial charge in [-0.3, -0.25) is 0 Å². The Morgan fingerprint density at radius 3 is 2.92 bits per heavy atom. The second-order valence-electron chi connectivity index (χ2n) is 2.20. The summed E-state index contributed by atoms with van der Waals surface area (Å²) >= 11 is 0. The summed E-state index contributed by atoms with van der Waals surface area (Å²) in [6.07, 6.45) is 0. The highest BCUT2D eigenvalue weighted by Crippen LogP contribution is 2.05. The van der Waals surface area contributed by atoms with Crippen LogP contribution in [-0.4, -0.2) is 19.2 Å². The topological polar surface area (TPSA) is 43.4 Å². The van der Waals surface area contributed by atoms with Gasteiger partial charge in [-0.2, -0.15) is 5.48 Å². The molecule has 12 heavy (non-hydrogen) atoms. The number of nitrogens with one attached hydrogen (secondary N) is 1. The van der Waals surface area contributed by atoms with Gasteiger partial charge in [-0.15, -0.1) is 0 Å². The van der Waals surface area contributed by atoms with Crippen molar-refractivity contribution in [2.24, 2.45) is 0 Å². The minimum atomic E-state index is 0.577. The van der Waals surface area contributed by atoms with Crippen LogP contribution in [0.15, 0.2) is 18.2 Å². The maximum Gasteiger partial charge on any atom is 0.213 e. The van der Waals surface area contributed by atoms with E-state index in [0.717, 1.165) is 5.69 Å². The molecule has 0 aromatic carbocycles. The zero-order valence-electron chi connectivity index (χ0n) is 7.20. The summed E-state index contributed by atoms with van der Waals surface area (Å²) in [5.74, 6) is 0.616. The molecule has 1 rings (SSSR count). The number of hydroxylamine groups is 1. The number of aromatic nitrogens is 1. The van der Waals surface area contributed by atoms with Crippen LogP contribution < -0.4 is 10.2 Å². The molecule has 66 valence electrons. The molecule has 1 heterocycles. The Kier molecular flexibility index (Phi) is 3.50. The summed E-state index contributed by atoms with van der Waals surface area (Å²) in [5.41, 5.74) is 3.58. The highest BCUT2D eigenvalue weighted by molar-refractivity contribution is 5.15. The molecule has 0 aliphatic carbocycles. The van der Waals surface area contributed by atoms with Crippen LogP contribution in [0.5, 0.6) is 5.88 Å². The third-order valence-electron chi connectivity index (χ3n) is 1.39. The fourth-order valence-electron chi connectivity index (χ4n) is 0.816. The zero-order valence-corrected chi connectivity index (χ0v) is 7.20. The molecule has 0 saturated carbocycles. The molecule has 4 heteroatoms. The average Bonchev–Trinajstić information content (AvgIpc) is 2.15.